The number of esters is 1. The quantitative estimate of drug-likeness (QED) is 0.453. The summed E-state index contributed by atoms with van der Waals surface area (Å²) in [7, 11) is 0. The van der Waals surface area contributed by atoms with Crippen molar-refractivity contribution < 1.29 is 24.2 Å². The molecule has 0 radical (unpaired) electrons. The highest BCUT2D eigenvalue weighted by Gasteiger charge is 2.71. The van der Waals surface area contributed by atoms with Crippen LogP contribution in [0.1, 0.15) is 51.1 Å². The highest BCUT2D eigenvalue weighted by atomic mass is 32.2. The molecule has 1 N–H and O–H groups in total. The first-order valence-electron chi connectivity index (χ1n) is 13.4. The van der Waals surface area contributed by atoms with E-state index >= 15 is 0 Å². The van der Waals surface area contributed by atoms with Gasteiger partial charge < -0.3 is 19.6 Å². The number of hydrogen-bond donors (Lipinski definition) is 1. The molecule has 2 saturated heterocycles. The summed E-state index contributed by atoms with van der Waals surface area (Å²) in [6, 6.07) is 7.84. The van der Waals surface area contributed by atoms with Gasteiger partial charge in [0.1, 0.15) is 6.04 Å². The molecule has 0 aromatic heterocycles. The SMILES string of the molecule is CCCC(C)N1CC=C[C@]23S[C@H]4/C=C\CCCOC(=O)[C@H]4[C@H]2C(=O)N([C@H](CO)c2ccccc2)C3C1=O. The molecule has 1 aromatic carbocycles. The van der Waals surface area contributed by atoms with E-state index in [1.807, 2.05) is 60.4 Å². The largest absolute Gasteiger partial charge is 0.465 e. The number of benzene rings is 1. The van der Waals surface area contributed by atoms with Crippen molar-refractivity contribution in [2.75, 3.05) is 19.8 Å². The Labute approximate surface area is 222 Å². The van der Waals surface area contributed by atoms with Crippen molar-refractivity contribution in [1.29, 1.82) is 0 Å². The number of amides is 2. The number of rotatable bonds is 6. The van der Waals surface area contributed by atoms with Crippen LogP contribution in [0.2, 0.25) is 0 Å². The second-order valence-corrected chi connectivity index (χ2v) is 12.0. The van der Waals surface area contributed by atoms with Gasteiger partial charge >= 0.3 is 5.97 Å². The van der Waals surface area contributed by atoms with Crippen LogP contribution in [0.5, 0.6) is 0 Å². The summed E-state index contributed by atoms with van der Waals surface area (Å²) in [4.78, 5) is 45.7. The van der Waals surface area contributed by atoms with Crippen molar-refractivity contribution in [2.45, 2.75) is 67.7 Å². The van der Waals surface area contributed by atoms with Crippen LogP contribution < -0.4 is 0 Å². The molecule has 4 heterocycles. The summed E-state index contributed by atoms with van der Waals surface area (Å²) in [6.07, 6.45) is 11.5. The lowest BCUT2D eigenvalue weighted by Crippen LogP contribution is -2.55. The molecule has 0 saturated carbocycles. The number of carbonyl (C=O) groups excluding carboxylic acids is 3. The Bertz CT molecular complexity index is 1090. The number of aliphatic hydroxyl groups excluding tert-OH is 1. The third kappa shape index (κ3) is 4.32. The fourth-order valence-electron chi connectivity index (χ4n) is 6.55. The third-order valence-electron chi connectivity index (χ3n) is 8.25. The molecule has 1 aromatic rings. The molecule has 8 heteroatoms. The second kappa shape index (κ2) is 10.7. The molecule has 2 amide bonds. The van der Waals surface area contributed by atoms with Crippen molar-refractivity contribution in [1.82, 2.24) is 9.80 Å². The van der Waals surface area contributed by atoms with Gasteiger partial charge in [0.15, 0.2) is 0 Å². The molecule has 0 aliphatic carbocycles. The molecule has 4 aliphatic heterocycles. The predicted octanol–water partition coefficient (Wildman–Crippen LogP) is 3.50. The zero-order chi connectivity index (χ0) is 26.2. The summed E-state index contributed by atoms with van der Waals surface area (Å²) in [5.41, 5.74) is 0.765. The lowest BCUT2D eigenvalue weighted by Gasteiger charge is -2.40. The summed E-state index contributed by atoms with van der Waals surface area (Å²) < 4.78 is 4.71. The van der Waals surface area contributed by atoms with Crippen LogP contribution in [-0.4, -0.2) is 74.5 Å². The Balaban J connectivity index is 1.66. The number of likely N-dealkylation sites (tertiary alicyclic amines) is 1. The van der Waals surface area contributed by atoms with Gasteiger partial charge in [-0.1, -0.05) is 68.0 Å². The second-order valence-electron chi connectivity index (χ2n) is 10.5. The predicted molar refractivity (Wildman–Crippen MR) is 143 cm³/mol. The molecule has 1 spiro atoms. The van der Waals surface area contributed by atoms with Crippen LogP contribution in [0.15, 0.2) is 54.6 Å². The number of cyclic esters (lactones) is 1. The van der Waals surface area contributed by atoms with E-state index in [9.17, 15) is 19.5 Å². The number of hydrogen-bond acceptors (Lipinski definition) is 6. The number of nitrogens with zero attached hydrogens (tertiary/aromatic N) is 2. The molecule has 37 heavy (non-hydrogen) atoms. The number of thioether (sulfide) groups is 1. The lowest BCUT2D eigenvalue weighted by atomic mass is 9.78. The first-order valence-corrected chi connectivity index (χ1v) is 14.3. The molecule has 7 nitrogen and oxygen atoms in total. The molecule has 4 aliphatic rings. The molecule has 5 rings (SSSR count). The number of ether oxygens (including phenoxy) is 1. The minimum Gasteiger partial charge on any atom is -0.465 e. The number of fused-ring (bicyclic) bond motifs is 2. The average molecular weight is 525 g/mol. The van der Waals surface area contributed by atoms with Crippen molar-refractivity contribution in [2.24, 2.45) is 11.8 Å². The van der Waals surface area contributed by atoms with E-state index in [0.717, 1.165) is 31.2 Å². The Morgan fingerprint density at radius 2 is 1.95 bits per heavy atom. The van der Waals surface area contributed by atoms with Crippen molar-refractivity contribution in [3.63, 3.8) is 0 Å². The van der Waals surface area contributed by atoms with Gasteiger partial charge in [0, 0.05) is 17.8 Å². The Kier molecular flexibility index (Phi) is 7.50. The Morgan fingerprint density at radius 1 is 1.16 bits per heavy atom. The minimum atomic E-state index is -0.922. The van der Waals surface area contributed by atoms with Gasteiger partial charge in [-0.15, -0.1) is 11.8 Å². The maximum atomic E-state index is 14.4. The van der Waals surface area contributed by atoms with Gasteiger partial charge in [-0.05, 0) is 31.7 Å². The van der Waals surface area contributed by atoms with Gasteiger partial charge in [0.2, 0.25) is 11.8 Å². The normalized spacial score (nSPS) is 33.9. The number of aliphatic hydroxyl groups is 1. The van der Waals surface area contributed by atoms with Crippen LogP contribution >= 0.6 is 11.8 Å². The van der Waals surface area contributed by atoms with E-state index in [1.54, 1.807) is 16.7 Å². The zero-order valence-electron chi connectivity index (χ0n) is 21.5. The average Bonchev–Trinajstić information content (AvgIpc) is 3.30. The van der Waals surface area contributed by atoms with E-state index in [1.165, 1.54) is 0 Å². The standard InChI is InChI=1S/C29H36N2O5S/c1-3-11-19(2)30-16-10-15-29-24(23-22(37-29)14-8-5-9-17-36-28(23)35)26(33)31(25(29)27(30)34)21(18-32)20-12-6-4-7-13-20/h4,6-8,10,12-15,19,21-25,32H,3,5,9,11,16-18H2,1-2H3/b14-8-/t19?,21-,22+,23-,24+,25?,29+/m1/s1. The molecule has 2 fully saturated rings. The van der Waals surface area contributed by atoms with Gasteiger partial charge in [-0.2, -0.15) is 0 Å². The van der Waals surface area contributed by atoms with Crippen molar-refractivity contribution in [3.8, 4) is 0 Å². The Morgan fingerprint density at radius 3 is 2.68 bits per heavy atom. The summed E-state index contributed by atoms with van der Waals surface area (Å²) >= 11 is 1.54. The molecule has 198 valence electrons. The van der Waals surface area contributed by atoms with Crippen LogP contribution in [-0.2, 0) is 19.1 Å². The topological polar surface area (TPSA) is 87.2 Å². The molecule has 2 unspecified atom stereocenters. The van der Waals surface area contributed by atoms with Crippen LogP contribution in [0.4, 0.5) is 0 Å². The fraction of sp³-hybridized carbons (Fsp3) is 0.552. The highest BCUT2D eigenvalue weighted by Crippen LogP contribution is 2.62. The molecule has 7 atom stereocenters. The summed E-state index contributed by atoms with van der Waals surface area (Å²) in [5, 5.41) is 10.3. The van der Waals surface area contributed by atoms with E-state index in [2.05, 4.69) is 13.0 Å². The molecular formula is C29H36N2O5S. The van der Waals surface area contributed by atoms with E-state index in [0.29, 0.717) is 13.2 Å². The summed E-state index contributed by atoms with van der Waals surface area (Å²) in [6.45, 7) is 4.60. The number of allylic oxidation sites excluding steroid dienone is 1. The first-order chi connectivity index (χ1) is 17.9. The number of carbonyl (C=O) groups is 3. The minimum absolute atomic E-state index is 0.00561. The monoisotopic (exact) mass is 524 g/mol. The molecular weight excluding hydrogens is 488 g/mol. The third-order valence-corrected chi connectivity index (χ3v) is 10.00. The highest BCUT2D eigenvalue weighted by molar-refractivity contribution is 8.02. The maximum Gasteiger partial charge on any atom is 0.311 e. The van der Waals surface area contributed by atoms with Gasteiger partial charge in [0.05, 0.1) is 35.8 Å². The van der Waals surface area contributed by atoms with Crippen LogP contribution in [0.3, 0.4) is 0 Å². The fourth-order valence-corrected chi connectivity index (χ4v) is 8.53. The maximum absolute atomic E-state index is 14.4. The smallest absolute Gasteiger partial charge is 0.311 e. The van der Waals surface area contributed by atoms with Crippen LogP contribution in [0.25, 0.3) is 0 Å². The van der Waals surface area contributed by atoms with Crippen molar-refractivity contribution >= 4 is 29.5 Å². The van der Waals surface area contributed by atoms with Crippen molar-refractivity contribution in [3.05, 3.63) is 60.2 Å². The van der Waals surface area contributed by atoms with E-state index in [-0.39, 0.29) is 35.7 Å². The lowest BCUT2D eigenvalue weighted by molar-refractivity contribution is -0.153. The first kappa shape index (κ1) is 26.0. The molecule has 0 bridgehead atoms. The zero-order valence-corrected chi connectivity index (χ0v) is 22.3. The van der Waals surface area contributed by atoms with Crippen LogP contribution in [0, 0.1) is 11.8 Å². The summed E-state index contributed by atoms with van der Waals surface area (Å²) in [5.74, 6) is -2.19. The van der Waals surface area contributed by atoms with Gasteiger partial charge in [-0.3, -0.25) is 14.4 Å². The van der Waals surface area contributed by atoms with Gasteiger partial charge in [-0.25, -0.2) is 0 Å². The van der Waals surface area contributed by atoms with E-state index < -0.39 is 28.7 Å². The van der Waals surface area contributed by atoms with E-state index in [4.69, 9.17) is 4.74 Å². The Hall–Kier alpha value is -2.58. The van der Waals surface area contributed by atoms with Gasteiger partial charge in [0.25, 0.3) is 0 Å².